The Labute approximate surface area is 133 Å². The predicted octanol–water partition coefficient (Wildman–Crippen LogP) is 3.16. The first-order valence-electron chi connectivity index (χ1n) is 7.09. The Hall–Kier alpha value is -2.89. The lowest BCUT2D eigenvalue weighted by atomic mass is 10.1. The summed E-state index contributed by atoms with van der Waals surface area (Å²) in [6, 6.07) is 9.69. The molecule has 0 aliphatic rings. The fraction of sp³-hybridized carbons (Fsp3) is 0.176. The molecule has 2 rings (SSSR count). The third-order valence-corrected chi connectivity index (χ3v) is 3.35. The molecular weight excluding hydrogens is 299 g/mol. The van der Waals surface area contributed by atoms with E-state index in [1.54, 1.807) is 6.92 Å². The van der Waals surface area contributed by atoms with Crippen LogP contribution >= 0.6 is 0 Å². The molecule has 0 aromatic heterocycles. The first-order valence-corrected chi connectivity index (χ1v) is 7.09. The molecule has 0 heterocycles. The largest absolute Gasteiger partial charge is 0.507 e. The lowest BCUT2D eigenvalue weighted by Gasteiger charge is -2.18. The molecule has 0 radical (unpaired) electrons. The van der Waals surface area contributed by atoms with Gasteiger partial charge in [-0.2, -0.15) is 0 Å². The van der Waals surface area contributed by atoms with E-state index in [4.69, 9.17) is 0 Å². The number of anilines is 2. The first-order chi connectivity index (χ1) is 10.9. The maximum atomic E-state index is 13.0. The van der Waals surface area contributed by atoms with Gasteiger partial charge in [0, 0.05) is 24.8 Å². The van der Waals surface area contributed by atoms with Crippen molar-refractivity contribution in [2.75, 3.05) is 17.3 Å². The number of halogens is 1. The van der Waals surface area contributed by atoms with Crippen LogP contribution < -0.4 is 10.2 Å². The zero-order chi connectivity index (χ0) is 17.0. The molecule has 6 heteroatoms. The highest BCUT2D eigenvalue weighted by atomic mass is 19.1. The summed E-state index contributed by atoms with van der Waals surface area (Å²) in [6.07, 6.45) is 0.305. The van der Waals surface area contributed by atoms with Gasteiger partial charge in [0.2, 0.25) is 5.91 Å². The summed E-state index contributed by atoms with van der Waals surface area (Å²) in [5.41, 5.74) is 0.954. The maximum absolute atomic E-state index is 13.0. The third-order valence-electron chi connectivity index (χ3n) is 3.35. The maximum Gasteiger partial charge on any atom is 0.261 e. The highest BCUT2D eigenvalue weighted by Gasteiger charge is 2.18. The lowest BCUT2D eigenvalue weighted by Crippen LogP contribution is -2.26. The van der Waals surface area contributed by atoms with Gasteiger partial charge in [0.05, 0.1) is 5.56 Å². The van der Waals surface area contributed by atoms with Gasteiger partial charge in [0.1, 0.15) is 11.6 Å². The molecule has 2 aromatic rings. The van der Waals surface area contributed by atoms with E-state index >= 15 is 0 Å². The Morgan fingerprint density at radius 3 is 2.43 bits per heavy atom. The van der Waals surface area contributed by atoms with Gasteiger partial charge in [0.25, 0.3) is 5.91 Å². The van der Waals surface area contributed by atoms with Crippen LogP contribution in [-0.2, 0) is 4.79 Å². The molecule has 0 aliphatic carbocycles. The van der Waals surface area contributed by atoms with E-state index in [1.807, 2.05) is 0 Å². The van der Waals surface area contributed by atoms with Crippen LogP contribution in [0.25, 0.3) is 0 Å². The molecular formula is C17H17FN2O3. The monoisotopic (exact) mass is 316 g/mol. The van der Waals surface area contributed by atoms with Crippen LogP contribution in [0.2, 0.25) is 0 Å². The van der Waals surface area contributed by atoms with E-state index < -0.39 is 11.7 Å². The predicted molar refractivity (Wildman–Crippen MR) is 86.2 cm³/mol. The van der Waals surface area contributed by atoms with Crippen molar-refractivity contribution in [3.8, 4) is 5.75 Å². The number of carbonyl (C=O) groups is 2. The molecule has 0 saturated heterocycles. The molecule has 0 atom stereocenters. The topological polar surface area (TPSA) is 69.6 Å². The SMILES string of the molecule is CCC(=O)Nc1ccc(O)c(C(=O)N(C)c2ccc(F)cc2)c1. The molecule has 0 spiro atoms. The van der Waals surface area contributed by atoms with Crippen molar-refractivity contribution in [2.24, 2.45) is 0 Å². The highest BCUT2D eigenvalue weighted by molar-refractivity contribution is 6.08. The minimum absolute atomic E-state index is 0.0470. The summed E-state index contributed by atoms with van der Waals surface area (Å²) >= 11 is 0. The molecule has 0 fully saturated rings. The van der Waals surface area contributed by atoms with Crippen molar-refractivity contribution in [1.29, 1.82) is 0 Å². The van der Waals surface area contributed by atoms with Gasteiger partial charge >= 0.3 is 0 Å². The number of hydrogen-bond donors (Lipinski definition) is 2. The molecule has 2 amide bonds. The van der Waals surface area contributed by atoms with E-state index in [-0.39, 0.29) is 17.2 Å². The van der Waals surface area contributed by atoms with Gasteiger partial charge in [-0.15, -0.1) is 0 Å². The Kier molecular flexibility index (Phi) is 4.95. The second kappa shape index (κ2) is 6.91. The number of rotatable bonds is 4. The number of hydrogen-bond acceptors (Lipinski definition) is 3. The number of carbonyl (C=O) groups excluding carboxylic acids is 2. The van der Waals surface area contributed by atoms with Crippen LogP contribution in [0.1, 0.15) is 23.7 Å². The Balaban J connectivity index is 2.28. The number of amides is 2. The molecule has 0 aliphatic heterocycles. The number of aromatic hydroxyl groups is 1. The molecule has 0 bridgehead atoms. The van der Waals surface area contributed by atoms with Crippen molar-refractivity contribution in [2.45, 2.75) is 13.3 Å². The smallest absolute Gasteiger partial charge is 0.261 e. The standard InChI is InChI=1S/C17H17FN2O3/c1-3-16(22)19-12-6-9-15(21)14(10-12)17(23)20(2)13-7-4-11(18)5-8-13/h4-10,21H,3H2,1-2H3,(H,19,22). The Morgan fingerprint density at radius 1 is 1.17 bits per heavy atom. The number of phenolic OH excluding ortho intramolecular Hbond substituents is 1. The fourth-order valence-corrected chi connectivity index (χ4v) is 2.00. The summed E-state index contributed by atoms with van der Waals surface area (Å²) in [7, 11) is 1.52. The van der Waals surface area contributed by atoms with Gasteiger partial charge in [-0.25, -0.2) is 4.39 Å². The molecule has 5 nitrogen and oxygen atoms in total. The van der Waals surface area contributed by atoms with Crippen LogP contribution in [0.3, 0.4) is 0 Å². The molecule has 0 saturated carbocycles. The molecule has 2 N–H and O–H groups in total. The zero-order valence-corrected chi connectivity index (χ0v) is 12.8. The van der Waals surface area contributed by atoms with E-state index in [2.05, 4.69) is 5.32 Å². The number of phenols is 1. The zero-order valence-electron chi connectivity index (χ0n) is 12.8. The van der Waals surface area contributed by atoms with Gasteiger partial charge < -0.3 is 15.3 Å². The molecule has 23 heavy (non-hydrogen) atoms. The quantitative estimate of drug-likeness (QED) is 0.851. The first kappa shape index (κ1) is 16.5. The summed E-state index contributed by atoms with van der Waals surface area (Å²) < 4.78 is 13.0. The molecule has 2 aromatic carbocycles. The van der Waals surface area contributed by atoms with Gasteiger partial charge in [0.15, 0.2) is 0 Å². The van der Waals surface area contributed by atoms with Gasteiger partial charge in [-0.05, 0) is 42.5 Å². The van der Waals surface area contributed by atoms with E-state index in [9.17, 15) is 19.1 Å². The number of nitrogens with one attached hydrogen (secondary N) is 1. The average Bonchev–Trinajstić information content (AvgIpc) is 2.56. The van der Waals surface area contributed by atoms with Crippen molar-refractivity contribution < 1.29 is 19.1 Å². The van der Waals surface area contributed by atoms with Crippen LogP contribution in [-0.4, -0.2) is 24.0 Å². The normalized spacial score (nSPS) is 10.2. The summed E-state index contributed by atoms with van der Waals surface area (Å²) in [6.45, 7) is 1.71. The summed E-state index contributed by atoms with van der Waals surface area (Å²) in [5.74, 6) is -1.26. The summed E-state index contributed by atoms with van der Waals surface area (Å²) in [5, 5.41) is 12.5. The van der Waals surface area contributed by atoms with Gasteiger partial charge in [-0.3, -0.25) is 9.59 Å². The van der Waals surface area contributed by atoms with E-state index in [0.29, 0.717) is 17.8 Å². The van der Waals surface area contributed by atoms with Crippen LogP contribution in [0, 0.1) is 5.82 Å². The lowest BCUT2D eigenvalue weighted by molar-refractivity contribution is -0.115. The Morgan fingerprint density at radius 2 is 1.83 bits per heavy atom. The van der Waals surface area contributed by atoms with E-state index in [0.717, 1.165) is 0 Å². The third kappa shape index (κ3) is 3.85. The summed E-state index contributed by atoms with van der Waals surface area (Å²) in [4.78, 5) is 25.2. The molecule has 0 unspecified atom stereocenters. The second-order valence-electron chi connectivity index (χ2n) is 4.97. The van der Waals surface area contributed by atoms with Crippen molar-refractivity contribution >= 4 is 23.2 Å². The Bertz CT molecular complexity index is 729. The highest BCUT2D eigenvalue weighted by Crippen LogP contribution is 2.25. The number of nitrogens with zero attached hydrogens (tertiary/aromatic N) is 1. The van der Waals surface area contributed by atoms with Crippen molar-refractivity contribution in [1.82, 2.24) is 0 Å². The minimum Gasteiger partial charge on any atom is -0.507 e. The van der Waals surface area contributed by atoms with Crippen LogP contribution in [0.4, 0.5) is 15.8 Å². The van der Waals surface area contributed by atoms with Crippen molar-refractivity contribution in [3.63, 3.8) is 0 Å². The van der Waals surface area contributed by atoms with Crippen LogP contribution in [0.15, 0.2) is 42.5 Å². The fourth-order valence-electron chi connectivity index (χ4n) is 2.00. The second-order valence-corrected chi connectivity index (χ2v) is 4.97. The average molecular weight is 316 g/mol. The minimum atomic E-state index is -0.471. The van der Waals surface area contributed by atoms with Crippen molar-refractivity contribution in [3.05, 3.63) is 53.8 Å². The van der Waals surface area contributed by atoms with Crippen LogP contribution in [0.5, 0.6) is 5.75 Å². The number of benzene rings is 2. The molecule has 120 valence electrons. The van der Waals surface area contributed by atoms with Gasteiger partial charge in [-0.1, -0.05) is 6.92 Å². The van der Waals surface area contributed by atoms with E-state index in [1.165, 1.54) is 54.4 Å².